The Morgan fingerprint density at radius 1 is 1.00 bits per heavy atom. The van der Waals surface area contributed by atoms with Crippen molar-refractivity contribution in [2.75, 3.05) is 0 Å². The Morgan fingerprint density at radius 2 is 1.59 bits per heavy atom. The SMILES string of the molecule is Cc1noc(-c2ccc(-c3ccccc3)cc2)c1CC(N)=O. The molecule has 0 unspecified atom stereocenters. The molecule has 1 heterocycles. The quantitative estimate of drug-likeness (QED) is 0.801. The first-order valence-electron chi connectivity index (χ1n) is 7.04. The van der Waals surface area contributed by atoms with Gasteiger partial charge < -0.3 is 10.3 Å². The van der Waals surface area contributed by atoms with Crippen molar-refractivity contribution in [3.63, 3.8) is 0 Å². The molecule has 2 aromatic carbocycles. The number of primary amides is 1. The number of aryl methyl sites for hydroxylation is 1. The Balaban J connectivity index is 1.95. The lowest BCUT2D eigenvalue weighted by Crippen LogP contribution is -2.14. The summed E-state index contributed by atoms with van der Waals surface area (Å²) in [7, 11) is 0. The van der Waals surface area contributed by atoms with E-state index < -0.39 is 5.91 Å². The highest BCUT2D eigenvalue weighted by Crippen LogP contribution is 2.29. The molecule has 4 heteroatoms. The molecule has 22 heavy (non-hydrogen) atoms. The third kappa shape index (κ3) is 2.76. The van der Waals surface area contributed by atoms with Crippen LogP contribution in [0.3, 0.4) is 0 Å². The Hall–Kier alpha value is -2.88. The van der Waals surface area contributed by atoms with Crippen LogP contribution in [0.2, 0.25) is 0 Å². The van der Waals surface area contributed by atoms with Crippen molar-refractivity contribution in [1.82, 2.24) is 5.16 Å². The molecule has 0 spiro atoms. The summed E-state index contributed by atoms with van der Waals surface area (Å²) in [6, 6.07) is 18.1. The summed E-state index contributed by atoms with van der Waals surface area (Å²) in [6.07, 6.45) is 0.130. The van der Waals surface area contributed by atoms with Crippen LogP contribution in [0.5, 0.6) is 0 Å². The number of carbonyl (C=O) groups is 1. The molecule has 0 bridgehead atoms. The van der Waals surface area contributed by atoms with Crippen molar-refractivity contribution < 1.29 is 9.32 Å². The molecule has 3 aromatic rings. The summed E-state index contributed by atoms with van der Waals surface area (Å²) in [4.78, 5) is 11.2. The van der Waals surface area contributed by atoms with Gasteiger partial charge in [0.1, 0.15) is 0 Å². The minimum atomic E-state index is -0.395. The average molecular weight is 292 g/mol. The number of rotatable bonds is 4. The van der Waals surface area contributed by atoms with Crippen LogP contribution in [0.25, 0.3) is 22.5 Å². The van der Waals surface area contributed by atoms with Gasteiger partial charge in [-0.1, -0.05) is 59.8 Å². The minimum absolute atomic E-state index is 0.130. The lowest BCUT2D eigenvalue weighted by atomic mass is 10.0. The molecule has 4 nitrogen and oxygen atoms in total. The average Bonchev–Trinajstić information content (AvgIpc) is 2.89. The van der Waals surface area contributed by atoms with Crippen LogP contribution >= 0.6 is 0 Å². The van der Waals surface area contributed by atoms with Gasteiger partial charge in [-0.15, -0.1) is 0 Å². The summed E-state index contributed by atoms with van der Waals surface area (Å²) >= 11 is 0. The van der Waals surface area contributed by atoms with Gasteiger partial charge in [0.25, 0.3) is 0 Å². The molecular weight excluding hydrogens is 276 g/mol. The molecular formula is C18H16N2O2. The van der Waals surface area contributed by atoms with E-state index in [0.29, 0.717) is 11.5 Å². The van der Waals surface area contributed by atoms with Crippen molar-refractivity contribution in [1.29, 1.82) is 0 Å². The molecule has 0 fully saturated rings. The molecule has 1 aromatic heterocycles. The number of hydrogen-bond acceptors (Lipinski definition) is 3. The zero-order valence-electron chi connectivity index (χ0n) is 12.2. The van der Waals surface area contributed by atoms with Gasteiger partial charge in [0, 0.05) is 11.1 Å². The van der Waals surface area contributed by atoms with E-state index in [1.165, 1.54) is 0 Å². The molecule has 3 rings (SSSR count). The largest absolute Gasteiger partial charge is 0.369 e. The molecule has 0 saturated carbocycles. The highest BCUT2D eigenvalue weighted by Gasteiger charge is 2.16. The van der Waals surface area contributed by atoms with E-state index >= 15 is 0 Å². The van der Waals surface area contributed by atoms with Crippen LogP contribution in [0, 0.1) is 6.92 Å². The van der Waals surface area contributed by atoms with Gasteiger partial charge in [0.2, 0.25) is 5.91 Å². The highest BCUT2D eigenvalue weighted by atomic mass is 16.5. The van der Waals surface area contributed by atoms with Crippen LogP contribution in [0.4, 0.5) is 0 Å². The third-order valence-corrected chi connectivity index (χ3v) is 3.59. The lowest BCUT2D eigenvalue weighted by molar-refractivity contribution is -0.117. The zero-order chi connectivity index (χ0) is 15.5. The van der Waals surface area contributed by atoms with E-state index in [2.05, 4.69) is 17.3 Å². The van der Waals surface area contributed by atoms with Crippen LogP contribution in [-0.2, 0) is 11.2 Å². The maximum atomic E-state index is 11.2. The van der Waals surface area contributed by atoms with Crippen molar-refractivity contribution in [3.8, 4) is 22.5 Å². The Morgan fingerprint density at radius 3 is 2.23 bits per heavy atom. The number of benzene rings is 2. The van der Waals surface area contributed by atoms with E-state index in [4.69, 9.17) is 10.3 Å². The minimum Gasteiger partial charge on any atom is -0.369 e. The fourth-order valence-electron chi connectivity index (χ4n) is 2.44. The second-order valence-corrected chi connectivity index (χ2v) is 5.16. The van der Waals surface area contributed by atoms with Gasteiger partial charge in [-0.3, -0.25) is 4.79 Å². The van der Waals surface area contributed by atoms with Crippen molar-refractivity contribution in [2.45, 2.75) is 13.3 Å². The maximum Gasteiger partial charge on any atom is 0.222 e. The van der Waals surface area contributed by atoms with E-state index in [0.717, 1.165) is 22.3 Å². The summed E-state index contributed by atoms with van der Waals surface area (Å²) in [5.74, 6) is 0.212. The first-order valence-corrected chi connectivity index (χ1v) is 7.04. The number of nitrogens with zero attached hydrogens (tertiary/aromatic N) is 1. The number of aromatic nitrogens is 1. The zero-order valence-corrected chi connectivity index (χ0v) is 12.2. The maximum absolute atomic E-state index is 11.2. The smallest absolute Gasteiger partial charge is 0.222 e. The van der Waals surface area contributed by atoms with E-state index in [1.54, 1.807) is 0 Å². The molecule has 0 radical (unpaired) electrons. The van der Waals surface area contributed by atoms with Crippen LogP contribution in [0.1, 0.15) is 11.3 Å². The van der Waals surface area contributed by atoms with Crippen LogP contribution in [-0.4, -0.2) is 11.1 Å². The number of amides is 1. The predicted molar refractivity (Wildman–Crippen MR) is 85.0 cm³/mol. The standard InChI is InChI=1S/C18H16N2O2/c1-12-16(11-17(19)21)18(22-20-12)15-9-7-14(8-10-15)13-5-3-2-4-6-13/h2-10H,11H2,1H3,(H2,19,21). The van der Waals surface area contributed by atoms with Crippen molar-refractivity contribution >= 4 is 5.91 Å². The van der Waals surface area contributed by atoms with Gasteiger partial charge in [0.05, 0.1) is 12.1 Å². The number of carbonyl (C=O) groups excluding carboxylic acids is 1. The van der Waals surface area contributed by atoms with Crippen LogP contribution < -0.4 is 5.73 Å². The topological polar surface area (TPSA) is 69.1 Å². The molecule has 110 valence electrons. The molecule has 0 atom stereocenters. The Kier molecular flexibility index (Phi) is 3.74. The fraction of sp³-hybridized carbons (Fsp3) is 0.111. The molecule has 0 aliphatic heterocycles. The first kappa shape index (κ1) is 14.1. The number of nitrogens with two attached hydrogens (primary N) is 1. The van der Waals surface area contributed by atoms with Crippen molar-refractivity contribution in [3.05, 3.63) is 65.9 Å². The molecule has 0 aliphatic carbocycles. The van der Waals surface area contributed by atoms with Gasteiger partial charge >= 0.3 is 0 Å². The first-order chi connectivity index (χ1) is 10.6. The van der Waals surface area contributed by atoms with E-state index in [9.17, 15) is 4.79 Å². The normalized spacial score (nSPS) is 10.6. The van der Waals surface area contributed by atoms with E-state index in [-0.39, 0.29) is 6.42 Å². The van der Waals surface area contributed by atoms with E-state index in [1.807, 2.05) is 49.4 Å². The van der Waals surface area contributed by atoms with Gasteiger partial charge in [-0.05, 0) is 18.1 Å². The van der Waals surface area contributed by atoms with Gasteiger partial charge in [-0.25, -0.2) is 0 Å². The van der Waals surface area contributed by atoms with Gasteiger partial charge in [-0.2, -0.15) is 0 Å². The highest BCUT2D eigenvalue weighted by molar-refractivity contribution is 5.80. The fourth-order valence-corrected chi connectivity index (χ4v) is 2.44. The summed E-state index contributed by atoms with van der Waals surface area (Å²) in [5, 5.41) is 3.94. The van der Waals surface area contributed by atoms with Crippen molar-refractivity contribution in [2.24, 2.45) is 5.73 Å². The predicted octanol–water partition coefficient (Wildman–Crippen LogP) is 3.34. The van der Waals surface area contributed by atoms with Gasteiger partial charge in [0.15, 0.2) is 5.76 Å². The summed E-state index contributed by atoms with van der Waals surface area (Å²) in [6.45, 7) is 1.81. The second kappa shape index (κ2) is 5.85. The summed E-state index contributed by atoms with van der Waals surface area (Å²) < 4.78 is 5.37. The number of hydrogen-bond donors (Lipinski definition) is 1. The Labute approximate surface area is 128 Å². The Bertz CT molecular complexity index is 790. The van der Waals surface area contributed by atoms with Crippen LogP contribution in [0.15, 0.2) is 59.1 Å². The molecule has 1 amide bonds. The lowest BCUT2D eigenvalue weighted by Gasteiger charge is -2.04. The molecule has 0 aliphatic rings. The summed E-state index contributed by atoms with van der Waals surface area (Å²) in [5.41, 5.74) is 9.90. The third-order valence-electron chi connectivity index (χ3n) is 3.59. The second-order valence-electron chi connectivity index (χ2n) is 5.16. The monoisotopic (exact) mass is 292 g/mol. The molecule has 0 saturated heterocycles. The molecule has 2 N–H and O–H groups in total.